The molecule has 0 saturated carbocycles. The van der Waals surface area contributed by atoms with E-state index in [1.165, 1.54) is 9.80 Å². The first-order chi connectivity index (χ1) is 8.94. The van der Waals surface area contributed by atoms with Crippen LogP contribution in [0, 0.1) is 0 Å². The third kappa shape index (κ3) is 3.19. The van der Waals surface area contributed by atoms with Crippen molar-refractivity contribution >= 4 is 77.8 Å². The van der Waals surface area contributed by atoms with Crippen LogP contribution in [0.5, 0.6) is 0 Å². The molecule has 10 heteroatoms. The van der Waals surface area contributed by atoms with Crippen molar-refractivity contribution in [1.82, 2.24) is 9.80 Å². The summed E-state index contributed by atoms with van der Waals surface area (Å²) in [5.74, 6) is 0. The molecule has 0 aromatic carbocycles. The van der Waals surface area contributed by atoms with Gasteiger partial charge in [0, 0.05) is 0 Å². The molecule has 6 fully saturated rings. The average molecular weight is 357 g/mol. The Morgan fingerprint density at radius 2 is 1.05 bits per heavy atom. The monoisotopic (exact) mass is 357 g/mol. The molecule has 6 heterocycles. The molecule has 0 unspecified atom stereocenters. The predicted molar refractivity (Wildman–Crippen MR) is 73.2 cm³/mol. The first-order valence-corrected chi connectivity index (χ1v) is 8.32. The normalized spacial score (nSPS) is 41.9. The van der Waals surface area contributed by atoms with Gasteiger partial charge in [0.15, 0.2) is 0 Å². The molecular formula is C11H16MnN2Na2O5. The van der Waals surface area contributed by atoms with E-state index in [2.05, 4.69) is 0 Å². The number of aliphatic hydroxyl groups is 1. The first-order valence-electron chi connectivity index (χ1n) is 5.96. The van der Waals surface area contributed by atoms with Crippen molar-refractivity contribution < 1.29 is 37.1 Å². The summed E-state index contributed by atoms with van der Waals surface area (Å²) < 4.78 is -1.97. The van der Waals surface area contributed by atoms with E-state index in [1.807, 2.05) is 0 Å². The molecule has 6 saturated heterocycles. The molecule has 0 aliphatic carbocycles. The minimum absolute atomic E-state index is 0. The van der Waals surface area contributed by atoms with Crippen molar-refractivity contribution in [2.75, 3.05) is 39.3 Å². The molecule has 6 rings (SSSR count). The van der Waals surface area contributed by atoms with Crippen LogP contribution in [-0.2, 0) is 32.0 Å². The van der Waals surface area contributed by atoms with Crippen LogP contribution in [-0.4, -0.2) is 138 Å². The molecule has 3 bridgehead atoms. The van der Waals surface area contributed by atoms with E-state index in [4.69, 9.17) is 0 Å². The number of aliphatic hydroxyl groups excluding tert-OH is 1. The molecule has 21 heavy (non-hydrogen) atoms. The third-order valence-electron chi connectivity index (χ3n) is 3.59. The van der Waals surface area contributed by atoms with Crippen molar-refractivity contribution in [2.45, 2.75) is 6.10 Å². The Kier molecular flexibility index (Phi) is 7.01. The van der Waals surface area contributed by atoms with Gasteiger partial charge in [-0.2, -0.15) is 0 Å². The zero-order chi connectivity index (χ0) is 13.8. The topological polar surface area (TPSA) is 95.0 Å². The second kappa shape index (κ2) is 7.32. The molecule has 6 aliphatic rings. The van der Waals surface area contributed by atoms with Gasteiger partial charge in [0.2, 0.25) is 0 Å². The Morgan fingerprint density at radius 3 is 1.33 bits per heavy atom. The summed E-state index contributed by atoms with van der Waals surface area (Å²) >= 11 is -3.81. The first kappa shape index (κ1) is 20.1. The summed E-state index contributed by atoms with van der Waals surface area (Å²) in [6.45, 7) is 0.198. The van der Waals surface area contributed by atoms with Crippen LogP contribution in [0.4, 0.5) is 0 Å². The van der Waals surface area contributed by atoms with E-state index in [0.29, 0.717) is 0 Å². The van der Waals surface area contributed by atoms with E-state index in [9.17, 15) is 24.3 Å². The maximum absolute atomic E-state index is 12.3. The van der Waals surface area contributed by atoms with Crippen LogP contribution in [0.2, 0.25) is 0 Å². The number of hydrogen-bond donors (Lipinski definition) is 1. The molecule has 7 nitrogen and oxygen atoms in total. The second-order valence-electron chi connectivity index (χ2n) is 4.98. The SMILES string of the molecule is O=[C]1CN2C[C](=O)[Mn]13[C](=O)CN(C[C]3=O)CC(O)C2.[NaH].[NaH]. The van der Waals surface area contributed by atoms with Gasteiger partial charge < -0.3 is 0 Å². The number of rotatable bonds is 0. The Balaban J connectivity index is 0.00000110. The molecule has 0 aromatic heterocycles. The summed E-state index contributed by atoms with van der Waals surface area (Å²) in [5, 5.41) is 9.89. The van der Waals surface area contributed by atoms with Crippen molar-refractivity contribution in [3.05, 3.63) is 0 Å². The molecule has 109 valence electrons. The van der Waals surface area contributed by atoms with Crippen LogP contribution in [0.15, 0.2) is 0 Å². The van der Waals surface area contributed by atoms with E-state index in [1.54, 1.807) is 0 Å². The zero-order valence-electron chi connectivity index (χ0n) is 10.2. The Labute approximate surface area is 168 Å². The molecule has 0 amide bonds. The molecule has 0 radical (unpaired) electrons. The van der Waals surface area contributed by atoms with Crippen molar-refractivity contribution in [3.8, 4) is 0 Å². The molecular weight excluding hydrogens is 341 g/mol. The molecule has 0 aromatic rings. The fourth-order valence-electron chi connectivity index (χ4n) is 2.79. The summed E-state index contributed by atoms with van der Waals surface area (Å²) in [7, 11) is 0. The minimum atomic E-state index is -3.81. The Bertz CT molecular complexity index is 431. The Hall–Kier alpha value is 1.08. The van der Waals surface area contributed by atoms with Crippen LogP contribution < -0.4 is 0 Å². The van der Waals surface area contributed by atoms with E-state index < -0.39 is 37.7 Å². The molecule has 6 aliphatic heterocycles. The number of nitrogens with zero attached hydrogens (tertiary/aromatic N) is 2. The van der Waals surface area contributed by atoms with E-state index >= 15 is 0 Å². The number of hydrogen-bond acceptors (Lipinski definition) is 7. The van der Waals surface area contributed by atoms with Crippen LogP contribution in [0.3, 0.4) is 0 Å². The van der Waals surface area contributed by atoms with Gasteiger partial charge >= 0.3 is 170 Å². The summed E-state index contributed by atoms with van der Waals surface area (Å²) in [6.07, 6.45) is -0.772. The van der Waals surface area contributed by atoms with Gasteiger partial charge in [0.1, 0.15) is 0 Å². The number of carbonyl (C=O) groups is 4. The fourth-order valence-corrected chi connectivity index (χ4v) is 7.17. The Morgan fingerprint density at radius 1 is 0.762 bits per heavy atom. The summed E-state index contributed by atoms with van der Waals surface area (Å²) in [6, 6.07) is 0. The van der Waals surface area contributed by atoms with E-state index in [0.717, 1.165) is 0 Å². The van der Waals surface area contributed by atoms with Crippen LogP contribution in [0.1, 0.15) is 0 Å². The van der Waals surface area contributed by atoms with Gasteiger partial charge in [0.05, 0.1) is 0 Å². The molecule has 1 spiro atoms. The number of carbonyl (C=O) groups excluding carboxylic acids is 4. The van der Waals surface area contributed by atoms with Crippen molar-refractivity contribution in [1.29, 1.82) is 0 Å². The van der Waals surface area contributed by atoms with Crippen molar-refractivity contribution in [2.24, 2.45) is 0 Å². The summed E-state index contributed by atoms with van der Waals surface area (Å²) in [5.41, 5.74) is 0. The average Bonchev–Trinajstić information content (AvgIpc) is 2.25. The van der Waals surface area contributed by atoms with Crippen LogP contribution in [0.25, 0.3) is 0 Å². The summed E-state index contributed by atoms with van der Waals surface area (Å²) in [4.78, 5) is 52.1. The van der Waals surface area contributed by atoms with Gasteiger partial charge in [-0.3, -0.25) is 0 Å². The van der Waals surface area contributed by atoms with Gasteiger partial charge in [-0.15, -0.1) is 0 Å². The molecule has 0 atom stereocenters. The quantitative estimate of drug-likeness (QED) is 0.441. The van der Waals surface area contributed by atoms with Gasteiger partial charge in [-0.1, -0.05) is 0 Å². The van der Waals surface area contributed by atoms with Crippen LogP contribution >= 0.6 is 0 Å². The fraction of sp³-hybridized carbons (Fsp3) is 0.636. The molecule has 1 N–H and O–H groups in total. The second-order valence-corrected chi connectivity index (χ2v) is 9.38. The zero-order valence-corrected chi connectivity index (χ0v) is 11.4. The maximum atomic E-state index is 12.3. The third-order valence-corrected chi connectivity index (χ3v) is 8.29. The van der Waals surface area contributed by atoms with E-state index in [-0.39, 0.29) is 98.4 Å². The van der Waals surface area contributed by atoms with Crippen molar-refractivity contribution in [3.63, 3.8) is 0 Å². The van der Waals surface area contributed by atoms with Gasteiger partial charge in [-0.05, 0) is 0 Å². The van der Waals surface area contributed by atoms with Gasteiger partial charge in [0.25, 0.3) is 0 Å². The predicted octanol–water partition coefficient (Wildman–Crippen LogP) is -4.04. The van der Waals surface area contributed by atoms with Gasteiger partial charge in [-0.25, -0.2) is 0 Å². The standard InChI is InChI=1S/C11H14N2O5.Mn.2Na.2H/c14-5-1-12(2-6-15)9-11(18)10-13(3-7-16)4-8-17;;;;;/h11,18H,1-4,9-10H2;;;;;.